The van der Waals surface area contributed by atoms with E-state index in [1.165, 1.54) is 0 Å². The zero-order valence-electron chi connectivity index (χ0n) is 18.2. The minimum Gasteiger partial charge on any atom is -0.376 e. The van der Waals surface area contributed by atoms with E-state index in [9.17, 15) is 0 Å². The molecule has 5 heterocycles. The maximum absolute atomic E-state index is 4.95. The number of anilines is 1. The minimum absolute atomic E-state index is 0.789. The van der Waals surface area contributed by atoms with E-state index in [1.54, 1.807) is 6.20 Å². The lowest BCUT2D eigenvalue weighted by molar-refractivity contribution is 1.11. The smallest absolute Gasteiger partial charge is 0.135 e. The monoisotopic (exact) mass is 431 g/mol. The predicted octanol–water partition coefficient (Wildman–Crippen LogP) is 5.30. The summed E-state index contributed by atoms with van der Waals surface area (Å²) < 4.78 is 0. The molecule has 0 aliphatic carbocycles. The van der Waals surface area contributed by atoms with E-state index in [2.05, 4.69) is 61.5 Å². The molecule has 0 saturated carbocycles. The summed E-state index contributed by atoms with van der Waals surface area (Å²) >= 11 is 0. The van der Waals surface area contributed by atoms with Gasteiger partial charge < -0.3 is 9.88 Å². The van der Waals surface area contributed by atoms with Crippen LogP contribution in [0.25, 0.3) is 55.7 Å². The van der Waals surface area contributed by atoms with E-state index < -0.39 is 0 Å². The molecule has 0 amide bonds. The predicted molar refractivity (Wildman–Crippen MR) is 132 cm³/mol. The first-order chi connectivity index (χ1) is 16.2. The molecule has 1 aromatic carbocycles. The molecule has 0 bridgehead atoms. The van der Waals surface area contributed by atoms with E-state index in [-0.39, 0.29) is 0 Å². The summed E-state index contributed by atoms with van der Waals surface area (Å²) in [6, 6.07) is 18.5. The molecular formula is C26H21N7. The van der Waals surface area contributed by atoms with Gasteiger partial charge in [0.05, 0.1) is 28.8 Å². The fraction of sp³-hybridized carbons (Fsp3) is 0.0769. The molecule has 0 saturated heterocycles. The topological polar surface area (TPSA) is 86.4 Å². The Morgan fingerprint density at radius 1 is 0.818 bits per heavy atom. The summed E-state index contributed by atoms with van der Waals surface area (Å²) in [5, 5.41) is 8.83. The zero-order valence-corrected chi connectivity index (χ0v) is 18.2. The zero-order chi connectivity index (χ0) is 22.4. The second-order valence-electron chi connectivity index (χ2n) is 8.18. The van der Waals surface area contributed by atoms with Crippen LogP contribution < -0.4 is 4.90 Å². The molecule has 7 nitrogen and oxygen atoms in total. The summed E-state index contributed by atoms with van der Waals surface area (Å²) in [5.41, 5.74) is 9.50. The average Bonchev–Trinajstić information content (AvgIpc) is 3.48. The highest BCUT2D eigenvalue weighted by Crippen LogP contribution is 2.34. The summed E-state index contributed by atoms with van der Waals surface area (Å²) in [4.78, 5) is 19.2. The lowest BCUT2D eigenvalue weighted by atomic mass is 10.0. The van der Waals surface area contributed by atoms with Gasteiger partial charge in [-0.05, 0) is 42.0 Å². The number of benzene rings is 1. The Balaban J connectivity index is 1.48. The van der Waals surface area contributed by atoms with Gasteiger partial charge in [0.15, 0.2) is 0 Å². The molecule has 160 valence electrons. The van der Waals surface area contributed by atoms with Crippen molar-refractivity contribution in [2.45, 2.75) is 0 Å². The van der Waals surface area contributed by atoms with Gasteiger partial charge in [-0.15, -0.1) is 0 Å². The number of aromatic amines is 2. The molecule has 0 aliphatic heterocycles. The normalized spacial score (nSPS) is 11.3. The van der Waals surface area contributed by atoms with Crippen LogP contribution in [0.4, 0.5) is 5.69 Å². The van der Waals surface area contributed by atoms with Crippen LogP contribution in [-0.2, 0) is 0 Å². The van der Waals surface area contributed by atoms with Gasteiger partial charge in [0, 0.05) is 54.7 Å². The maximum Gasteiger partial charge on any atom is 0.135 e. The van der Waals surface area contributed by atoms with Crippen LogP contribution in [0.3, 0.4) is 0 Å². The van der Waals surface area contributed by atoms with E-state index in [0.717, 1.165) is 61.4 Å². The summed E-state index contributed by atoms with van der Waals surface area (Å²) in [7, 11) is 4.00. The van der Waals surface area contributed by atoms with Crippen molar-refractivity contribution >= 4 is 27.6 Å². The molecule has 0 fully saturated rings. The van der Waals surface area contributed by atoms with Gasteiger partial charge in [0.25, 0.3) is 0 Å². The van der Waals surface area contributed by atoms with Gasteiger partial charge in [-0.25, -0.2) is 4.98 Å². The van der Waals surface area contributed by atoms with Crippen molar-refractivity contribution in [1.29, 1.82) is 0 Å². The van der Waals surface area contributed by atoms with E-state index in [1.807, 2.05) is 55.8 Å². The van der Waals surface area contributed by atoms with Gasteiger partial charge >= 0.3 is 0 Å². The van der Waals surface area contributed by atoms with Gasteiger partial charge in [0.1, 0.15) is 11.2 Å². The molecule has 7 heteroatoms. The van der Waals surface area contributed by atoms with Crippen molar-refractivity contribution in [2.75, 3.05) is 19.0 Å². The van der Waals surface area contributed by atoms with Crippen LogP contribution in [0, 0.1) is 0 Å². The number of hydrogen-bond acceptors (Lipinski definition) is 5. The highest BCUT2D eigenvalue weighted by Gasteiger charge is 2.15. The number of hydrogen-bond donors (Lipinski definition) is 2. The van der Waals surface area contributed by atoms with Crippen molar-refractivity contribution in [1.82, 2.24) is 30.1 Å². The van der Waals surface area contributed by atoms with Crippen molar-refractivity contribution < 1.29 is 0 Å². The summed E-state index contributed by atoms with van der Waals surface area (Å²) in [6.07, 6.45) is 7.35. The Morgan fingerprint density at radius 3 is 2.58 bits per heavy atom. The molecular weight excluding hydrogens is 410 g/mol. The standard InChI is InChI=1S/C26H21N7/c1-33(2)18-11-17(14-28-15-18)21-8-9-23-25(30-21)26(32-31-23)24-12-20-19(6-3-7-22(20)29-24)16-5-4-10-27-13-16/h3-15,29H,1-2H3,(H,31,32). The van der Waals surface area contributed by atoms with Crippen molar-refractivity contribution in [3.8, 4) is 33.8 Å². The molecule has 0 unspecified atom stereocenters. The first-order valence-electron chi connectivity index (χ1n) is 10.7. The molecule has 0 spiro atoms. The number of nitrogens with one attached hydrogen (secondary N) is 2. The fourth-order valence-corrected chi connectivity index (χ4v) is 4.12. The van der Waals surface area contributed by atoms with E-state index in [4.69, 9.17) is 4.98 Å². The third-order valence-electron chi connectivity index (χ3n) is 5.84. The number of rotatable bonds is 4. The van der Waals surface area contributed by atoms with Crippen LogP contribution in [0.1, 0.15) is 0 Å². The van der Waals surface area contributed by atoms with Crippen LogP contribution >= 0.6 is 0 Å². The lowest BCUT2D eigenvalue weighted by Gasteiger charge is -2.12. The summed E-state index contributed by atoms with van der Waals surface area (Å²) in [5.74, 6) is 0. The van der Waals surface area contributed by atoms with Crippen LogP contribution in [0.5, 0.6) is 0 Å². The van der Waals surface area contributed by atoms with E-state index in [0.29, 0.717) is 0 Å². The highest BCUT2D eigenvalue weighted by atomic mass is 15.1. The fourth-order valence-electron chi connectivity index (χ4n) is 4.12. The van der Waals surface area contributed by atoms with Crippen LogP contribution in [0.2, 0.25) is 0 Å². The van der Waals surface area contributed by atoms with Crippen molar-refractivity contribution in [2.24, 2.45) is 0 Å². The van der Waals surface area contributed by atoms with Crippen LogP contribution in [-0.4, -0.2) is 44.2 Å². The first kappa shape index (κ1) is 19.2. The Hall–Kier alpha value is -4.52. The molecule has 0 atom stereocenters. The summed E-state index contributed by atoms with van der Waals surface area (Å²) in [6.45, 7) is 0. The van der Waals surface area contributed by atoms with Crippen LogP contribution in [0.15, 0.2) is 79.4 Å². The highest BCUT2D eigenvalue weighted by molar-refractivity contribution is 6.00. The molecule has 6 aromatic rings. The Morgan fingerprint density at radius 2 is 1.73 bits per heavy atom. The second kappa shape index (κ2) is 7.56. The van der Waals surface area contributed by atoms with Crippen molar-refractivity contribution in [3.63, 3.8) is 0 Å². The molecule has 33 heavy (non-hydrogen) atoms. The van der Waals surface area contributed by atoms with Crippen molar-refractivity contribution in [3.05, 3.63) is 79.4 Å². The Bertz CT molecular complexity index is 1600. The average molecular weight is 432 g/mol. The second-order valence-corrected chi connectivity index (χ2v) is 8.18. The largest absolute Gasteiger partial charge is 0.376 e. The van der Waals surface area contributed by atoms with Gasteiger partial charge in [-0.2, -0.15) is 5.10 Å². The number of pyridine rings is 3. The number of H-pyrrole nitrogens is 2. The van der Waals surface area contributed by atoms with Gasteiger partial charge in [-0.1, -0.05) is 18.2 Å². The maximum atomic E-state index is 4.95. The molecule has 6 rings (SSSR count). The van der Waals surface area contributed by atoms with Gasteiger partial charge in [0.2, 0.25) is 0 Å². The third kappa shape index (κ3) is 3.30. The lowest BCUT2D eigenvalue weighted by Crippen LogP contribution is -2.08. The molecule has 2 N–H and O–H groups in total. The van der Waals surface area contributed by atoms with Gasteiger partial charge in [-0.3, -0.25) is 15.1 Å². The SMILES string of the molecule is CN(C)c1cncc(-c2ccc3[nH]nc(-c4cc5c(-c6cccnc6)cccc5[nH]4)c3n2)c1. The quantitative estimate of drug-likeness (QED) is 0.396. The number of aromatic nitrogens is 6. The Kier molecular flexibility index (Phi) is 4.40. The molecule has 0 radical (unpaired) electrons. The molecule has 0 aliphatic rings. The molecule has 5 aromatic heterocycles. The first-order valence-corrected chi connectivity index (χ1v) is 10.7. The number of fused-ring (bicyclic) bond motifs is 2. The minimum atomic E-state index is 0.789. The third-order valence-corrected chi connectivity index (χ3v) is 5.84. The number of nitrogens with zero attached hydrogens (tertiary/aromatic N) is 5. The van der Waals surface area contributed by atoms with E-state index >= 15 is 0 Å². The Labute approximate surface area is 190 Å².